The number of nitrogens with one attached hydrogen (secondary N) is 1. The molecule has 0 aliphatic carbocycles. The van der Waals surface area contributed by atoms with Crippen LogP contribution >= 0.6 is 0 Å². The fraction of sp³-hybridized carbons (Fsp3) is 0.316. The van der Waals surface area contributed by atoms with Gasteiger partial charge in [-0.05, 0) is 24.6 Å². The molecule has 1 aliphatic rings. The lowest BCUT2D eigenvalue weighted by atomic mass is 10.0. The van der Waals surface area contributed by atoms with Crippen molar-refractivity contribution < 1.29 is 27.4 Å². The molecule has 3 rings (SSSR count). The maximum absolute atomic E-state index is 13.7. The minimum Gasteiger partial charge on any atom is -0.486 e. The van der Waals surface area contributed by atoms with Crippen molar-refractivity contribution in [3.8, 4) is 5.75 Å². The van der Waals surface area contributed by atoms with Crippen LogP contribution in [0.2, 0.25) is 0 Å². The number of ether oxygens (including phenoxy) is 2. The Morgan fingerprint density at radius 2 is 2.00 bits per heavy atom. The predicted octanol–water partition coefficient (Wildman–Crippen LogP) is 3.00. The molecule has 1 saturated heterocycles. The van der Waals surface area contributed by atoms with Gasteiger partial charge in [0.25, 0.3) is 0 Å². The summed E-state index contributed by atoms with van der Waals surface area (Å²) >= 11 is 0. The van der Waals surface area contributed by atoms with Crippen molar-refractivity contribution in [1.82, 2.24) is 5.32 Å². The van der Waals surface area contributed by atoms with E-state index in [0.717, 1.165) is 6.07 Å². The predicted molar refractivity (Wildman–Crippen MR) is 88.2 cm³/mol. The van der Waals surface area contributed by atoms with Crippen molar-refractivity contribution >= 4 is 5.91 Å². The number of hydrogen-bond donors (Lipinski definition) is 1. The molecule has 0 unspecified atom stereocenters. The first kappa shape index (κ1) is 18.3. The molecule has 0 aromatic heterocycles. The third-order valence-corrected chi connectivity index (χ3v) is 4.12. The molecule has 0 spiro atoms. The number of carbonyl (C=O) groups excluding carboxylic acids is 1. The summed E-state index contributed by atoms with van der Waals surface area (Å²) in [6, 6.07) is 9.02. The molecule has 1 amide bonds. The van der Waals surface area contributed by atoms with E-state index < -0.39 is 29.5 Å². The third-order valence-electron chi connectivity index (χ3n) is 4.12. The zero-order chi connectivity index (χ0) is 18.5. The summed E-state index contributed by atoms with van der Waals surface area (Å²) in [6.07, 6.45) is -0.294. The van der Waals surface area contributed by atoms with Gasteiger partial charge in [-0.15, -0.1) is 0 Å². The average molecular weight is 365 g/mol. The molecule has 4 nitrogen and oxygen atoms in total. The van der Waals surface area contributed by atoms with Gasteiger partial charge in [0.05, 0.1) is 19.1 Å². The van der Waals surface area contributed by atoms with Crippen LogP contribution in [0.25, 0.3) is 0 Å². The largest absolute Gasteiger partial charge is 0.486 e. The standard InChI is InChI=1S/C19H18F3NO3/c20-13-4-2-5-14(10-13)26-17-11-25-8-7-16(17)23-18(24)9-12-3-1-6-15(21)19(12)22/h1-6,10,16-17H,7-9,11H2,(H,23,24)/t16-,17-/m1/s1. The van der Waals surface area contributed by atoms with Crippen molar-refractivity contribution in [3.05, 3.63) is 65.5 Å². The second-order valence-corrected chi connectivity index (χ2v) is 6.04. The van der Waals surface area contributed by atoms with Gasteiger partial charge in [-0.2, -0.15) is 0 Å². The first-order valence-electron chi connectivity index (χ1n) is 8.25. The molecular formula is C19H18F3NO3. The number of carbonyl (C=O) groups is 1. The lowest BCUT2D eigenvalue weighted by Crippen LogP contribution is -2.51. The highest BCUT2D eigenvalue weighted by molar-refractivity contribution is 5.79. The average Bonchev–Trinajstić information content (AvgIpc) is 2.61. The molecule has 2 aromatic rings. The fourth-order valence-corrected chi connectivity index (χ4v) is 2.82. The van der Waals surface area contributed by atoms with Gasteiger partial charge < -0.3 is 14.8 Å². The molecule has 1 aliphatic heterocycles. The molecule has 1 fully saturated rings. The maximum atomic E-state index is 13.7. The molecule has 0 bridgehead atoms. The van der Waals surface area contributed by atoms with E-state index in [-0.39, 0.29) is 24.6 Å². The van der Waals surface area contributed by atoms with Crippen LogP contribution in [-0.4, -0.2) is 31.3 Å². The Morgan fingerprint density at radius 3 is 2.81 bits per heavy atom. The number of halogens is 3. The van der Waals surface area contributed by atoms with Gasteiger partial charge in [0.1, 0.15) is 17.7 Å². The molecule has 26 heavy (non-hydrogen) atoms. The molecule has 0 radical (unpaired) electrons. The normalized spacial score (nSPS) is 19.8. The van der Waals surface area contributed by atoms with Crippen LogP contribution in [-0.2, 0) is 16.0 Å². The Morgan fingerprint density at radius 1 is 1.19 bits per heavy atom. The molecule has 1 N–H and O–H groups in total. The first-order valence-corrected chi connectivity index (χ1v) is 8.25. The van der Waals surface area contributed by atoms with Gasteiger partial charge in [-0.3, -0.25) is 4.79 Å². The minimum absolute atomic E-state index is 0.0165. The van der Waals surface area contributed by atoms with E-state index >= 15 is 0 Å². The second kappa shape index (κ2) is 8.23. The molecule has 0 saturated carbocycles. The van der Waals surface area contributed by atoms with Crippen molar-refractivity contribution in [1.29, 1.82) is 0 Å². The fourth-order valence-electron chi connectivity index (χ4n) is 2.82. The summed E-state index contributed by atoms with van der Waals surface area (Å²) in [4.78, 5) is 12.2. The van der Waals surface area contributed by atoms with Gasteiger partial charge in [-0.1, -0.05) is 18.2 Å². The van der Waals surface area contributed by atoms with E-state index in [2.05, 4.69) is 5.32 Å². The monoisotopic (exact) mass is 365 g/mol. The molecular weight excluding hydrogens is 347 g/mol. The van der Waals surface area contributed by atoms with Gasteiger partial charge in [-0.25, -0.2) is 13.2 Å². The van der Waals surface area contributed by atoms with Crippen molar-refractivity contribution in [2.75, 3.05) is 13.2 Å². The van der Waals surface area contributed by atoms with Crippen LogP contribution < -0.4 is 10.1 Å². The van der Waals surface area contributed by atoms with Gasteiger partial charge in [0, 0.05) is 18.2 Å². The van der Waals surface area contributed by atoms with E-state index in [9.17, 15) is 18.0 Å². The molecule has 1 heterocycles. The Hall–Kier alpha value is -2.54. The van der Waals surface area contributed by atoms with Crippen LogP contribution in [0.3, 0.4) is 0 Å². The van der Waals surface area contributed by atoms with Crippen LogP contribution in [0.4, 0.5) is 13.2 Å². The zero-order valence-electron chi connectivity index (χ0n) is 13.9. The van der Waals surface area contributed by atoms with Gasteiger partial charge in [0.2, 0.25) is 5.91 Å². The van der Waals surface area contributed by atoms with Crippen LogP contribution in [0.1, 0.15) is 12.0 Å². The highest BCUT2D eigenvalue weighted by Gasteiger charge is 2.29. The quantitative estimate of drug-likeness (QED) is 0.886. The Kier molecular flexibility index (Phi) is 5.78. The second-order valence-electron chi connectivity index (χ2n) is 6.04. The third kappa shape index (κ3) is 4.54. The van der Waals surface area contributed by atoms with Crippen LogP contribution in [0, 0.1) is 17.5 Å². The van der Waals surface area contributed by atoms with Crippen LogP contribution in [0.15, 0.2) is 42.5 Å². The minimum atomic E-state index is -1.03. The van der Waals surface area contributed by atoms with Gasteiger partial charge in [0.15, 0.2) is 11.6 Å². The lowest BCUT2D eigenvalue weighted by molar-refractivity contribution is -0.123. The van der Waals surface area contributed by atoms with E-state index in [1.165, 1.54) is 30.3 Å². The van der Waals surface area contributed by atoms with Gasteiger partial charge >= 0.3 is 0 Å². The smallest absolute Gasteiger partial charge is 0.224 e. The molecule has 2 aromatic carbocycles. The zero-order valence-corrected chi connectivity index (χ0v) is 13.9. The number of hydrogen-bond acceptors (Lipinski definition) is 3. The van der Waals surface area contributed by atoms with E-state index in [1.807, 2.05) is 0 Å². The first-order chi connectivity index (χ1) is 12.5. The van der Waals surface area contributed by atoms with Crippen molar-refractivity contribution in [3.63, 3.8) is 0 Å². The van der Waals surface area contributed by atoms with E-state index in [1.54, 1.807) is 6.07 Å². The lowest BCUT2D eigenvalue weighted by Gasteiger charge is -2.32. The summed E-state index contributed by atoms with van der Waals surface area (Å²) in [5.41, 5.74) is -0.0165. The maximum Gasteiger partial charge on any atom is 0.224 e. The van der Waals surface area contributed by atoms with E-state index in [4.69, 9.17) is 9.47 Å². The Balaban J connectivity index is 1.64. The highest BCUT2D eigenvalue weighted by atomic mass is 19.2. The summed E-state index contributed by atoms with van der Waals surface area (Å²) < 4.78 is 51.4. The summed E-state index contributed by atoms with van der Waals surface area (Å²) in [5, 5.41) is 2.77. The number of benzene rings is 2. The topological polar surface area (TPSA) is 47.6 Å². The molecule has 7 heteroatoms. The Labute approximate surface area is 148 Å². The summed E-state index contributed by atoms with van der Waals surface area (Å²) in [7, 11) is 0. The number of rotatable bonds is 5. The Bertz CT molecular complexity index is 784. The molecule has 2 atom stereocenters. The van der Waals surface area contributed by atoms with Crippen molar-refractivity contribution in [2.24, 2.45) is 0 Å². The van der Waals surface area contributed by atoms with Crippen LogP contribution in [0.5, 0.6) is 5.75 Å². The SMILES string of the molecule is O=C(Cc1cccc(F)c1F)N[C@@H]1CCOC[C@H]1Oc1cccc(F)c1. The summed E-state index contributed by atoms with van der Waals surface area (Å²) in [5.74, 6) is -2.57. The molecule has 138 valence electrons. The number of amides is 1. The summed E-state index contributed by atoms with van der Waals surface area (Å²) in [6.45, 7) is 0.665. The van der Waals surface area contributed by atoms with E-state index in [0.29, 0.717) is 18.8 Å². The van der Waals surface area contributed by atoms with Crippen molar-refractivity contribution in [2.45, 2.75) is 25.0 Å². The highest BCUT2D eigenvalue weighted by Crippen LogP contribution is 2.19.